The van der Waals surface area contributed by atoms with Crippen LogP contribution < -0.4 is 5.56 Å². The minimum Gasteiger partial charge on any atom is -0.396 e. The molecule has 1 aromatic rings. The van der Waals surface area contributed by atoms with Crippen LogP contribution in [0.4, 0.5) is 0 Å². The van der Waals surface area contributed by atoms with Crippen molar-refractivity contribution in [2.45, 2.75) is 11.4 Å². The SMILES string of the molecule is O=c1[nH]cnc(SCCCO)c1Cl. The fraction of sp³-hybridized carbons (Fsp3) is 0.429. The van der Waals surface area contributed by atoms with Gasteiger partial charge in [-0.05, 0) is 6.42 Å². The smallest absolute Gasteiger partial charge is 0.270 e. The van der Waals surface area contributed by atoms with Gasteiger partial charge in [0.25, 0.3) is 5.56 Å². The number of nitrogens with zero attached hydrogens (tertiary/aromatic N) is 1. The number of H-pyrrole nitrogens is 1. The number of aromatic amines is 1. The highest BCUT2D eigenvalue weighted by Gasteiger charge is 2.05. The topological polar surface area (TPSA) is 66.0 Å². The summed E-state index contributed by atoms with van der Waals surface area (Å²) in [5, 5.41) is 9.16. The molecule has 4 nitrogen and oxygen atoms in total. The molecule has 0 saturated carbocycles. The minimum atomic E-state index is -0.330. The lowest BCUT2D eigenvalue weighted by atomic mass is 10.5. The van der Waals surface area contributed by atoms with Crippen LogP contribution in [-0.2, 0) is 0 Å². The first-order valence-electron chi connectivity index (χ1n) is 3.72. The molecular weight excluding hydrogens is 212 g/mol. The Kier molecular flexibility index (Phi) is 4.27. The van der Waals surface area contributed by atoms with Crippen molar-refractivity contribution in [3.8, 4) is 0 Å². The molecule has 2 N–H and O–H groups in total. The number of hydrogen-bond acceptors (Lipinski definition) is 4. The van der Waals surface area contributed by atoms with E-state index in [0.717, 1.165) is 0 Å². The van der Waals surface area contributed by atoms with E-state index in [0.29, 0.717) is 17.2 Å². The monoisotopic (exact) mass is 220 g/mol. The maximum atomic E-state index is 11.0. The Balaban J connectivity index is 2.66. The van der Waals surface area contributed by atoms with Crippen molar-refractivity contribution in [2.24, 2.45) is 0 Å². The Labute approximate surface area is 84.3 Å². The highest BCUT2D eigenvalue weighted by atomic mass is 35.5. The number of aromatic nitrogens is 2. The lowest BCUT2D eigenvalue weighted by molar-refractivity contribution is 0.296. The molecule has 0 spiro atoms. The zero-order chi connectivity index (χ0) is 9.68. The predicted octanol–water partition coefficient (Wildman–Crippen LogP) is 0.898. The quantitative estimate of drug-likeness (QED) is 0.450. The van der Waals surface area contributed by atoms with Gasteiger partial charge < -0.3 is 10.1 Å². The van der Waals surface area contributed by atoms with Crippen LogP contribution in [0.25, 0.3) is 0 Å². The van der Waals surface area contributed by atoms with E-state index in [9.17, 15) is 4.79 Å². The van der Waals surface area contributed by atoms with Crippen LogP contribution in [0, 0.1) is 0 Å². The summed E-state index contributed by atoms with van der Waals surface area (Å²) in [5.74, 6) is 0.701. The van der Waals surface area contributed by atoms with Gasteiger partial charge in [0.1, 0.15) is 10.0 Å². The molecule has 0 aliphatic carbocycles. The van der Waals surface area contributed by atoms with Gasteiger partial charge in [-0.15, -0.1) is 11.8 Å². The van der Waals surface area contributed by atoms with Crippen LogP contribution in [0.5, 0.6) is 0 Å². The summed E-state index contributed by atoms with van der Waals surface area (Å²) in [4.78, 5) is 17.3. The predicted molar refractivity (Wildman–Crippen MR) is 52.3 cm³/mol. The molecule has 0 amide bonds. The fourth-order valence-electron chi connectivity index (χ4n) is 0.701. The van der Waals surface area contributed by atoms with Crippen molar-refractivity contribution in [2.75, 3.05) is 12.4 Å². The van der Waals surface area contributed by atoms with Gasteiger partial charge in [0.2, 0.25) is 0 Å². The molecule has 0 atom stereocenters. The molecule has 0 radical (unpaired) electrons. The van der Waals surface area contributed by atoms with E-state index in [2.05, 4.69) is 9.97 Å². The molecule has 0 unspecified atom stereocenters. The normalized spacial score (nSPS) is 10.3. The first kappa shape index (κ1) is 10.6. The second kappa shape index (κ2) is 5.26. The summed E-state index contributed by atoms with van der Waals surface area (Å²) >= 11 is 7.05. The molecule has 1 heterocycles. The van der Waals surface area contributed by atoms with Crippen molar-refractivity contribution in [3.63, 3.8) is 0 Å². The van der Waals surface area contributed by atoms with Gasteiger partial charge in [-0.1, -0.05) is 11.6 Å². The Bertz CT molecular complexity index is 329. The number of aliphatic hydroxyl groups is 1. The number of rotatable bonds is 4. The van der Waals surface area contributed by atoms with E-state index < -0.39 is 0 Å². The van der Waals surface area contributed by atoms with Gasteiger partial charge in [0.05, 0.1) is 6.33 Å². The maximum absolute atomic E-state index is 11.0. The number of nitrogens with one attached hydrogen (secondary N) is 1. The van der Waals surface area contributed by atoms with E-state index in [-0.39, 0.29) is 17.2 Å². The van der Waals surface area contributed by atoms with Crippen LogP contribution in [-0.4, -0.2) is 27.4 Å². The molecule has 0 aliphatic heterocycles. The van der Waals surface area contributed by atoms with Crippen LogP contribution >= 0.6 is 23.4 Å². The summed E-state index contributed by atoms with van der Waals surface area (Å²) in [6, 6.07) is 0. The Morgan fingerprint density at radius 1 is 1.69 bits per heavy atom. The standard InChI is InChI=1S/C7H9ClN2O2S/c8-5-6(12)9-4-10-7(5)13-3-1-2-11/h4,11H,1-3H2,(H,9,10,12). The Morgan fingerprint density at radius 3 is 3.15 bits per heavy atom. The number of hydrogen-bond donors (Lipinski definition) is 2. The zero-order valence-electron chi connectivity index (χ0n) is 6.79. The van der Waals surface area contributed by atoms with E-state index in [1.54, 1.807) is 0 Å². The maximum Gasteiger partial charge on any atom is 0.270 e. The van der Waals surface area contributed by atoms with Crippen molar-refractivity contribution in [1.82, 2.24) is 9.97 Å². The van der Waals surface area contributed by atoms with Crippen LogP contribution in [0.1, 0.15) is 6.42 Å². The molecule has 6 heteroatoms. The highest BCUT2D eigenvalue weighted by molar-refractivity contribution is 7.99. The molecule has 1 aromatic heterocycles. The molecule has 0 aliphatic rings. The fourth-order valence-corrected chi connectivity index (χ4v) is 1.78. The summed E-state index contributed by atoms with van der Waals surface area (Å²) in [5.41, 5.74) is -0.330. The third kappa shape index (κ3) is 3.02. The first-order chi connectivity index (χ1) is 6.25. The van der Waals surface area contributed by atoms with Crippen molar-refractivity contribution >= 4 is 23.4 Å². The first-order valence-corrected chi connectivity index (χ1v) is 5.09. The summed E-state index contributed by atoms with van der Waals surface area (Å²) in [7, 11) is 0. The van der Waals surface area contributed by atoms with Crippen LogP contribution in [0.3, 0.4) is 0 Å². The van der Waals surface area contributed by atoms with Gasteiger partial charge in [-0.2, -0.15) is 0 Å². The average Bonchev–Trinajstić information content (AvgIpc) is 2.13. The van der Waals surface area contributed by atoms with Gasteiger partial charge in [0.15, 0.2) is 0 Å². The van der Waals surface area contributed by atoms with E-state index in [4.69, 9.17) is 16.7 Å². The molecule has 0 fully saturated rings. The van der Waals surface area contributed by atoms with Gasteiger partial charge in [-0.3, -0.25) is 4.79 Å². The average molecular weight is 221 g/mol. The minimum absolute atomic E-state index is 0.116. The van der Waals surface area contributed by atoms with E-state index >= 15 is 0 Å². The molecule has 72 valence electrons. The summed E-state index contributed by atoms with van der Waals surface area (Å²) in [6.45, 7) is 0.133. The van der Waals surface area contributed by atoms with Crippen molar-refractivity contribution in [1.29, 1.82) is 0 Å². The molecule has 13 heavy (non-hydrogen) atoms. The Hall–Kier alpha value is -0.520. The van der Waals surface area contributed by atoms with E-state index in [1.165, 1.54) is 18.1 Å². The Morgan fingerprint density at radius 2 is 2.46 bits per heavy atom. The molecule has 1 rings (SSSR count). The number of halogens is 1. The van der Waals surface area contributed by atoms with Gasteiger partial charge in [0, 0.05) is 12.4 Å². The van der Waals surface area contributed by atoms with E-state index in [1.807, 2.05) is 0 Å². The van der Waals surface area contributed by atoms with Gasteiger partial charge >= 0.3 is 0 Å². The molecular formula is C7H9ClN2O2S. The molecule has 0 aromatic carbocycles. The lowest BCUT2D eigenvalue weighted by Gasteiger charge is -1.99. The van der Waals surface area contributed by atoms with Crippen molar-refractivity contribution < 1.29 is 5.11 Å². The van der Waals surface area contributed by atoms with Crippen LogP contribution in [0.15, 0.2) is 16.1 Å². The second-order valence-corrected chi connectivity index (χ2v) is 3.74. The summed E-state index contributed by atoms with van der Waals surface area (Å²) in [6.07, 6.45) is 1.98. The summed E-state index contributed by atoms with van der Waals surface area (Å²) < 4.78 is 0. The van der Waals surface area contributed by atoms with Crippen LogP contribution in [0.2, 0.25) is 5.02 Å². The second-order valence-electron chi connectivity index (χ2n) is 2.28. The highest BCUT2D eigenvalue weighted by Crippen LogP contribution is 2.20. The van der Waals surface area contributed by atoms with Gasteiger partial charge in [-0.25, -0.2) is 4.98 Å². The molecule has 0 saturated heterocycles. The molecule has 0 bridgehead atoms. The lowest BCUT2D eigenvalue weighted by Crippen LogP contribution is -2.07. The number of aliphatic hydroxyl groups excluding tert-OH is 1. The third-order valence-electron chi connectivity index (χ3n) is 1.31. The largest absolute Gasteiger partial charge is 0.396 e. The zero-order valence-corrected chi connectivity index (χ0v) is 8.36. The van der Waals surface area contributed by atoms with Crippen molar-refractivity contribution in [3.05, 3.63) is 21.7 Å². The number of thioether (sulfide) groups is 1. The third-order valence-corrected chi connectivity index (χ3v) is 2.84.